The average molecular weight is 306 g/mol. The highest BCUT2D eigenvalue weighted by atomic mass is 35.5. The van der Waals surface area contributed by atoms with Crippen LogP contribution < -0.4 is 5.32 Å². The van der Waals surface area contributed by atoms with Crippen LogP contribution in [0.5, 0.6) is 0 Å². The molecule has 0 fully saturated rings. The smallest absolute Gasteiger partial charge is 0.244 e. The lowest BCUT2D eigenvalue weighted by atomic mass is 10.1. The van der Waals surface area contributed by atoms with Gasteiger partial charge in [-0.25, -0.2) is 0 Å². The van der Waals surface area contributed by atoms with Crippen LogP contribution >= 0.6 is 11.6 Å². The molecule has 0 radical (unpaired) electrons. The van der Waals surface area contributed by atoms with Gasteiger partial charge in [-0.2, -0.15) is 0 Å². The number of benzene rings is 1. The van der Waals surface area contributed by atoms with Crippen molar-refractivity contribution in [3.05, 3.63) is 65.1 Å². The van der Waals surface area contributed by atoms with E-state index in [0.29, 0.717) is 17.3 Å². The summed E-state index contributed by atoms with van der Waals surface area (Å²) < 4.78 is 10.5. The van der Waals surface area contributed by atoms with Gasteiger partial charge in [0, 0.05) is 30.3 Å². The standard InChI is InChI=1S/C16H16ClNO3/c1-20-15(13-6-2-3-7-14(13)17)11-18-16(19)9-8-12-5-4-10-21-12/h2-10,15H,11H2,1H3,(H,18,19)/b9-8+/t15-/m1/s1. The van der Waals surface area contributed by atoms with Gasteiger partial charge in [0.2, 0.25) is 5.91 Å². The van der Waals surface area contributed by atoms with E-state index in [1.807, 2.05) is 18.2 Å². The van der Waals surface area contributed by atoms with Gasteiger partial charge in [0.05, 0.1) is 6.26 Å². The first-order valence-electron chi connectivity index (χ1n) is 6.47. The van der Waals surface area contributed by atoms with Crippen LogP contribution in [-0.2, 0) is 9.53 Å². The van der Waals surface area contributed by atoms with E-state index < -0.39 is 0 Å². The number of hydrogen-bond donors (Lipinski definition) is 1. The minimum Gasteiger partial charge on any atom is -0.465 e. The highest BCUT2D eigenvalue weighted by Gasteiger charge is 2.14. The fraction of sp³-hybridized carbons (Fsp3) is 0.188. The second-order valence-electron chi connectivity index (χ2n) is 4.34. The van der Waals surface area contributed by atoms with Gasteiger partial charge in [0.15, 0.2) is 0 Å². The van der Waals surface area contributed by atoms with Crippen molar-refractivity contribution >= 4 is 23.6 Å². The summed E-state index contributed by atoms with van der Waals surface area (Å²) >= 11 is 6.12. The molecule has 110 valence electrons. The zero-order valence-electron chi connectivity index (χ0n) is 11.6. The highest BCUT2D eigenvalue weighted by Crippen LogP contribution is 2.24. The van der Waals surface area contributed by atoms with Crippen molar-refractivity contribution in [3.8, 4) is 0 Å². The van der Waals surface area contributed by atoms with Gasteiger partial charge in [-0.15, -0.1) is 0 Å². The maximum atomic E-state index is 11.7. The summed E-state index contributed by atoms with van der Waals surface area (Å²) in [5.41, 5.74) is 0.844. The predicted octanol–water partition coefficient (Wildman–Crippen LogP) is 3.45. The van der Waals surface area contributed by atoms with Crippen molar-refractivity contribution in [2.75, 3.05) is 13.7 Å². The van der Waals surface area contributed by atoms with E-state index in [0.717, 1.165) is 5.56 Å². The zero-order chi connectivity index (χ0) is 15.1. The summed E-state index contributed by atoms with van der Waals surface area (Å²) in [4.78, 5) is 11.7. The van der Waals surface area contributed by atoms with Crippen LogP contribution in [0.1, 0.15) is 17.4 Å². The quantitative estimate of drug-likeness (QED) is 0.832. The molecule has 0 aliphatic heterocycles. The van der Waals surface area contributed by atoms with E-state index in [-0.39, 0.29) is 12.0 Å². The molecule has 0 aliphatic rings. The number of nitrogens with one attached hydrogen (secondary N) is 1. The van der Waals surface area contributed by atoms with Gasteiger partial charge in [0.1, 0.15) is 11.9 Å². The van der Waals surface area contributed by atoms with Crippen molar-refractivity contribution in [2.45, 2.75) is 6.10 Å². The molecule has 1 aromatic heterocycles. The van der Waals surface area contributed by atoms with E-state index in [1.54, 1.807) is 37.6 Å². The monoisotopic (exact) mass is 305 g/mol. The molecule has 0 saturated carbocycles. The van der Waals surface area contributed by atoms with Gasteiger partial charge in [-0.05, 0) is 24.3 Å². The SMILES string of the molecule is CO[C@H](CNC(=O)/C=C/c1ccco1)c1ccccc1Cl. The molecule has 0 saturated heterocycles. The number of halogens is 1. The van der Waals surface area contributed by atoms with E-state index in [1.165, 1.54) is 6.08 Å². The fourth-order valence-corrected chi connectivity index (χ4v) is 2.11. The zero-order valence-corrected chi connectivity index (χ0v) is 12.3. The summed E-state index contributed by atoms with van der Waals surface area (Å²) in [6, 6.07) is 10.9. The summed E-state index contributed by atoms with van der Waals surface area (Å²) in [6.45, 7) is 0.335. The lowest BCUT2D eigenvalue weighted by molar-refractivity contribution is -0.117. The van der Waals surface area contributed by atoms with E-state index in [4.69, 9.17) is 20.8 Å². The summed E-state index contributed by atoms with van der Waals surface area (Å²) in [5.74, 6) is 0.403. The average Bonchev–Trinajstić information content (AvgIpc) is 3.01. The number of carbonyl (C=O) groups excluding carboxylic acids is 1. The molecular formula is C16H16ClNO3. The third kappa shape index (κ3) is 4.48. The van der Waals surface area contributed by atoms with Gasteiger partial charge in [-0.1, -0.05) is 29.8 Å². The second-order valence-corrected chi connectivity index (χ2v) is 4.75. The topological polar surface area (TPSA) is 51.5 Å². The molecule has 1 amide bonds. The maximum Gasteiger partial charge on any atom is 0.244 e. The Morgan fingerprint density at radius 2 is 2.19 bits per heavy atom. The van der Waals surface area contributed by atoms with Crippen LogP contribution in [0.4, 0.5) is 0 Å². The summed E-state index contributed by atoms with van der Waals surface area (Å²) in [5, 5.41) is 3.39. The molecule has 0 spiro atoms. The van der Waals surface area contributed by atoms with Crippen molar-refractivity contribution in [1.82, 2.24) is 5.32 Å². The molecule has 2 aromatic rings. The van der Waals surface area contributed by atoms with Crippen molar-refractivity contribution < 1.29 is 13.9 Å². The molecule has 1 atom stereocenters. The molecule has 2 rings (SSSR count). The summed E-state index contributed by atoms with van der Waals surface area (Å²) in [6.07, 6.45) is 4.28. The van der Waals surface area contributed by atoms with E-state index in [9.17, 15) is 4.79 Å². The van der Waals surface area contributed by atoms with Crippen LogP contribution in [0.15, 0.2) is 53.2 Å². The number of carbonyl (C=O) groups is 1. The Hall–Kier alpha value is -2.04. The molecule has 0 unspecified atom stereocenters. The van der Waals surface area contributed by atoms with Gasteiger partial charge in [-0.3, -0.25) is 4.79 Å². The normalized spacial score (nSPS) is 12.5. The van der Waals surface area contributed by atoms with Crippen LogP contribution in [0.2, 0.25) is 5.02 Å². The van der Waals surface area contributed by atoms with Crippen molar-refractivity contribution in [2.24, 2.45) is 0 Å². The lowest BCUT2D eigenvalue weighted by Gasteiger charge is -2.17. The van der Waals surface area contributed by atoms with Gasteiger partial charge >= 0.3 is 0 Å². The molecular weight excluding hydrogens is 290 g/mol. The number of furan rings is 1. The van der Waals surface area contributed by atoms with E-state index in [2.05, 4.69) is 5.32 Å². The Labute approximate surface area is 128 Å². The molecule has 1 aromatic carbocycles. The molecule has 5 heteroatoms. The first kappa shape index (κ1) is 15.4. The Bertz CT molecular complexity index is 608. The van der Waals surface area contributed by atoms with E-state index >= 15 is 0 Å². The van der Waals surface area contributed by atoms with Gasteiger partial charge in [0.25, 0.3) is 0 Å². The Morgan fingerprint density at radius 3 is 2.86 bits per heavy atom. The fourth-order valence-electron chi connectivity index (χ4n) is 1.85. The number of ether oxygens (including phenoxy) is 1. The predicted molar refractivity (Wildman–Crippen MR) is 82.0 cm³/mol. The first-order valence-corrected chi connectivity index (χ1v) is 6.85. The maximum absolute atomic E-state index is 11.7. The first-order chi connectivity index (χ1) is 10.2. The lowest BCUT2D eigenvalue weighted by Crippen LogP contribution is -2.27. The third-order valence-electron chi connectivity index (χ3n) is 2.94. The third-order valence-corrected chi connectivity index (χ3v) is 3.28. The van der Waals surface area contributed by atoms with Crippen molar-refractivity contribution in [3.63, 3.8) is 0 Å². The van der Waals surface area contributed by atoms with Crippen molar-refractivity contribution in [1.29, 1.82) is 0 Å². The molecule has 0 aliphatic carbocycles. The van der Waals surface area contributed by atoms with Crippen LogP contribution in [0.3, 0.4) is 0 Å². The van der Waals surface area contributed by atoms with Crippen LogP contribution in [0, 0.1) is 0 Å². The number of hydrogen-bond acceptors (Lipinski definition) is 3. The second kappa shape index (κ2) is 7.67. The molecule has 4 nitrogen and oxygen atoms in total. The number of amides is 1. The Morgan fingerprint density at radius 1 is 1.38 bits per heavy atom. The van der Waals surface area contributed by atoms with Crippen LogP contribution in [-0.4, -0.2) is 19.6 Å². The largest absolute Gasteiger partial charge is 0.465 e. The number of rotatable bonds is 6. The Kier molecular flexibility index (Phi) is 5.60. The minimum absolute atomic E-state index is 0.222. The minimum atomic E-state index is -0.292. The number of methoxy groups -OCH3 is 1. The molecule has 1 heterocycles. The van der Waals surface area contributed by atoms with Gasteiger partial charge < -0.3 is 14.5 Å². The Balaban J connectivity index is 1.91. The highest BCUT2D eigenvalue weighted by molar-refractivity contribution is 6.31. The summed E-state index contributed by atoms with van der Waals surface area (Å²) in [7, 11) is 1.58. The van der Waals surface area contributed by atoms with Crippen LogP contribution in [0.25, 0.3) is 6.08 Å². The molecule has 21 heavy (non-hydrogen) atoms. The molecule has 0 bridgehead atoms. The molecule has 1 N–H and O–H groups in total.